The number of nitrogens with one attached hydrogen (secondary N) is 1. The zero-order valence-electron chi connectivity index (χ0n) is 9.19. The van der Waals surface area contributed by atoms with E-state index in [0.29, 0.717) is 12.2 Å². The van der Waals surface area contributed by atoms with Crippen molar-refractivity contribution in [3.05, 3.63) is 29.8 Å². The van der Waals surface area contributed by atoms with Crippen molar-refractivity contribution in [2.75, 3.05) is 13.7 Å². The van der Waals surface area contributed by atoms with E-state index in [1.165, 1.54) is 0 Å². The van der Waals surface area contributed by atoms with Gasteiger partial charge >= 0.3 is 5.97 Å². The topological polar surface area (TPSA) is 58.6 Å². The van der Waals surface area contributed by atoms with E-state index in [2.05, 4.69) is 5.32 Å². The van der Waals surface area contributed by atoms with E-state index >= 15 is 0 Å². The fourth-order valence-corrected chi connectivity index (χ4v) is 2.18. The van der Waals surface area contributed by atoms with Crippen LogP contribution in [0.3, 0.4) is 0 Å². The van der Waals surface area contributed by atoms with Gasteiger partial charge in [-0.1, -0.05) is 12.1 Å². The fraction of sp³-hybridized carbons (Fsp3) is 0.417. The summed E-state index contributed by atoms with van der Waals surface area (Å²) in [5, 5.41) is 12.5. The summed E-state index contributed by atoms with van der Waals surface area (Å²) >= 11 is 0. The molecule has 4 heteroatoms. The van der Waals surface area contributed by atoms with Gasteiger partial charge in [-0.2, -0.15) is 0 Å². The van der Waals surface area contributed by atoms with Crippen molar-refractivity contribution >= 4 is 5.97 Å². The largest absolute Gasteiger partial charge is 0.497 e. The molecule has 2 N–H and O–H groups in total. The third-order valence-corrected chi connectivity index (χ3v) is 3.08. The molecule has 1 atom stereocenters. The van der Waals surface area contributed by atoms with Crippen LogP contribution in [-0.4, -0.2) is 24.7 Å². The molecule has 0 amide bonds. The number of carboxylic acid groups (broad SMARTS) is 1. The Hall–Kier alpha value is -1.55. The summed E-state index contributed by atoms with van der Waals surface area (Å²) in [7, 11) is 1.58. The second-order valence-electron chi connectivity index (χ2n) is 3.97. The first-order valence-corrected chi connectivity index (χ1v) is 5.32. The third kappa shape index (κ3) is 1.65. The maximum Gasteiger partial charge on any atom is 0.328 e. The van der Waals surface area contributed by atoms with Gasteiger partial charge in [0.15, 0.2) is 0 Å². The molecule has 0 bridgehead atoms. The molecule has 0 radical (unpaired) electrons. The second-order valence-corrected chi connectivity index (χ2v) is 3.97. The van der Waals surface area contributed by atoms with Gasteiger partial charge in [-0.25, -0.2) is 4.79 Å². The number of aliphatic carboxylic acids is 1. The average Bonchev–Trinajstić information content (AvgIpc) is 2.79. The molecule has 0 aromatic heterocycles. The van der Waals surface area contributed by atoms with E-state index in [1.54, 1.807) is 13.2 Å². The highest BCUT2D eigenvalue weighted by molar-refractivity contribution is 5.81. The predicted octanol–water partition coefficient (Wildman–Crippen LogP) is 1.36. The van der Waals surface area contributed by atoms with E-state index in [-0.39, 0.29) is 0 Å². The zero-order valence-corrected chi connectivity index (χ0v) is 9.19. The first-order chi connectivity index (χ1) is 7.69. The second kappa shape index (κ2) is 4.14. The van der Waals surface area contributed by atoms with Gasteiger partial charge in [0, 0.05) is 0 Å². The molecule has 16 heavy (non-hydrogen) atoms. The summed E-state index contributed by atoms with van der Waals surface area (Å²) < 4.78 is 5.12. The van der Waals surface area contributed by atoms with E-state index < -0.39 is 11.5 Å². The van der Waals surface area contributed by atoms with Crippen molar-refractivity contribution in [2.45, 2.75) is 18.4 Å². The van der Waals surface area contributed by atoms with E-state index in [9.17, 15) is 9.90 Å². The molecule has 1 aromatic carbocycles. The molecule has 1 heterocycles. The van der Waals surface area contributed by atoms with Gasteiger partial charge in [-0.05, 0) is 37.1 Å². The van der Waals surface area contributed by atoms with Crippen molar-refractivity contribution in [3.63, 3.8) is 0 Å². The Morgan fingerprint density at radius 3 is 2.94 bits per heavy atom. The Morgan fingerprint density at radius 2 is 2.38 bits per heavy atom. The highest BCUT2D eigenvalue weighted by Crippen LogP contribution is 2.32. The molecule has 0 aliphatic carbocycles. The smallest absolute Gasteiger partial charge is 0.328 e. The minimum Gasteiger partial charge on any atom is -0.497 e. The lowest BCUT2D eigenvalue weighted by Gasteiger charge is -2.25. The van der Waals surface area contributed by atoms with Crippen LogP contribution in [-0.2, 0) is 10.3 Å². The highest BCUT2D eigenvalue weighted by atomic mass is 16.5. The van der Waals surface area contributed by atoms with Crippen LogP contribution in [0.2, 0.25) is 0 Å². The number of ether oxygens (including phenoxy) is 1. The Balaban J connectivity index is 2.43. The summed E-state index contributed by atoms with van der Waals surface area (Å²) in [4.78, 5) is 11.4. The van der Waals surface area contributed by atoms with Crippen LogP contribution in [0, 0.1) is 0 Å². The maximum absolute atomic E-state index is 11.4. The van der Waals surface area contributed by atoms with E-state index in [1.807, 2.05) is 18.2 Å². The van der Waals surface area contributed by atoms with Crippen molar-refractivity contribution in [3.8, 4) is 5.75 Å². The molecule has 2 rings (SSSR count). The molecule has 0 spiro atoms. The number of benzene rings is 1. The van der Waals surface area contributed by atoms with Gasteiger partial charge in [0.1, 0.15) is 11.3 Å². The Kier molecular flexibility index (Phi) is 2.83. The van der Waals surface area contributed by atoms with Crippen LogP contribution >= 0.6 is 0 Å². The zero-order chi connectivity index (χ0) is 11.6. The van der Waals surface area contributed by atoms with Crippen LogP contribution < -0.4 is 10.1 Å². The predicted molar refractivity (Wildman–Crippen MR) is 59.5 cm³/mol. The van der Waals surface area contributed by atoms with Crippen LogP contribution in [0.5, 0.6) is 5.75 Å². The molecule has 1 aliphatic heterocycles. The number of methoxy groups -OCH3 is 1. The molecular weight excluding hydrogens is 206 g/mol. The molecule has 0 saturated carbocycles. The van der Waals surface area contributed by atoms with Gasteiger partial charge in [-0.15, -0.1) is 0 Å². The average molecular weight is 221 g/mol. The van der Waals surface area contributed by atoms with Gasteiger partial charge in [0.25, 0.3) is 0 Å². The summed E-state index contributed by atoms with van der Waals surface area (Å²) in [6.45, 7) is 0.740. The SMILES string of the molecule is COc1cccc(C2(C(=O)O)CCCN2)c1. The summed E-state index contributed by atoms with van der Waals surface area (Å²) in [5.41, 5.74) is -0.175. The number of rotatable bonds is 3. The summed E-state index contributed by atoms with van der Waals surface area (Å²) in [6, 6.07) is 7.24. The first-order valence-electron chi connectivity index (χ1n) is 5.32. The number of hydrogen-bond donors (Lipinski definition) is 2. The van der Waals surface area contributed by atoms with Gasteiger partial charge < -0.3 is 9.84 Å². The van der Waals surface area contributed by atoms with E-state index in [4.69, 9.17) is 4.74 Å². The molecule has 1 saturated heterocycles. The normalized spacial score (nSPS) is 24.3. The van der Waals surface area contributed by atoms with Crippen molar-refractivity contribution in [2.24, 2.45) is 0 Å². The molecule has 1 unspecified atom stereocenters. The Bertz CT molecular complexity index is 397. The maximum atomic E-state index is 11.4. The number of carbonyl (C=O) groups is 1. The third-order valence-electron chi connectivity index (χ3n) is 3.08. The first kappa shape index (κ1) is 11.0. The minimum atomic E-state index is -0.936. The Morgan fingerprint density at radius 1 is 1.56 bits per heavy atom. The number of hydrogen-bond acceptors (Lipinski definition) is 3. The molecule has 4 nitrogen and oxygen atoms in total. The molecule has 1 aliphatic rings. The van der Waals surface area contributed by atoms with Crippen LogP contribution in [0.1, 0.15) is 18.4 Å². The molecular formula is C12H15NO3. The molecule has 86 valence electrons. The van der Waals surface area contributed by atoms with Crippen LogP contribution in [0.25, 0.3) is 0 Å². The van der Waals surface area contributed by atoms with Crippen LogP contribution in [0.15, 0.2) is 24.3 Å². The molecule has 1 fully saturated rings. The standard InChI is InChI=1S/C12H15NO3/c1-16-10-5-2-4-9(8-10)12(11(14)15)6-3-7-13-12/h2,4-5,8,13H,3,6-7H2,1H3,(H,14,15). The van der Waals surface area contributed by atoms with Crippen molar-refractivity contribution < 1.29 is 14.6 Å². The lowest BCUT2D eigenvalue weighted by molar-refractivity contribution is -0.144. The Labute approximate surface area is 94.2 Å². The lowest BCUT2D eigenvalue weighted by atomic mass is 9.88. The quantitative estimate of drug-likeness (QED) is 0.809. The van der Waals surface area contributed by atoms with Gasteiger partial charge in [0.05, 0.1) is 7.11 Å². The van der Waals surface area contributed by atoms with Gasteiger partial charge in [0.2, 0.25) is 0 Å². The van der Waals surface area contributed by atoms with Crippen molar-refractivity contribution in [1.82, 2.24) is 5.32 Å². The minimum absolute atomic E-state index is 0.621. The summed E-state index contributed by atoms with van der Waals surface area (Å²) in [6.07, 6.45) is 1.50. The highest BCUT2D eigenvalue weighted by Gasteiger charge is 2.42. The monoisotopic (exact) mass is 221 g/mol. The number of carboxylic acids is 1. The fourth-order valence-electron chi connectivity index (χ4n) is 2.18. The lowest BCUT2D eigenvalue weighted by Crippen LogP contribution is -2.44. The molecule has 1 aromatic rings. The summed E-state index contributed by atoms with van der Waals surface area (Å²) in [5.74, 6) is -0.134. The van der Waals surface area contributed by atoms with Crippen molar-refractivity contribution in [1.29, 1.82) is 0 Å². The van der Waals surface area contributed by atoms with Crippen LogP contribution in [0.4, 0.5) is 0 Å². The van der Waals surface area contributed by atoms with E-state index in [0.717, 1.165) is 18.5 Å². The van der Waals surface area contributed by atoms with Gasteiger partial charge in [-0.3, -0.25) is 5.32 Å².